The van der Waals surface area contributed by atoms with Gasteiger partial charge in [0.15, 0.2) is 0 Å². The van der Waals surface area contributed by atoms with Crippen molar-refractivity contribution in [2.24, 2.45) is 5.92 Å². The molecule has 0 saturated heterocycles. The number of anilines is 1. The van der Waals surface area contributed by atoms with E-state index in [1.807, 2.05) is 0 Å². The number of nitrogens with zero attached hydrogens (tertiary/aromatic N) is 1. The van der Waals surface area contributed by atoms with Crippen LogP contribution in [-0.4, -0.2) is 6.54 Å². The van der Waals surface area contributed by atoms with E-state index in [-0.39, 0.29) is 5.56 Å². The quantitative estimate of drug-likeness (QED) is 0.804. The Morgan fingerprint density at radius 1 is 1.32 bits per heavy atom. The van der Waals surface area contributed by atoms with Crippen molar-refractivity contribution in [2.45, 2.75) is 32.9 Å². The first-order valence-electron chi connectivity index (χ1n) is 6.20. The first-order chi connectivity index (χ1) is 8.84. The number of benzene rings is 1. The van der Waals surface area contributed by atoms with Gasteiger partial charge >= 0.3 is 6.18 Å². The highest BCUT2D eigenvalue weighted by Gasteiger charge is 2.33. The molecule has 1 aromatic rings. The van der Waals surface area contributed by atoms with E-state index in [1.165, 1.54) is 12.1 Å². The van der Waals surface area contributed by atoms with E-state index in [0.717, 1.165) is 18.9 Å². The van der Waals surface area contributed by atoms with Gasteiger partial charge in [0.25, 0.3) is 0 Å². The number of rotatable bonds is 5. The Balaban J connectivity index is 2.71. The average molecular weight is 270 g/mol. The van der Waals surface area contributed by atoms with Crippen LogP contribution in [0.5, 0.6) is 0 Å². The third-order valence-corrected chi connectivity index (χ3v) is 2.73. The van der Waals surface area contributed by atoms with Crippen molar-refractivity contribution in [3.05, 3.63) is 29.3 Å². The maximum atomic E-state index is 12.6. The van der Waals surface area contributed by atoms with Crippen LogP contribution in [0.25, 0.3) is 0 Å². The summed E-state index contributed by atoms with van der Waals surface area (Å²) >= 11 is 0. The summed E-state index contributed by atoms with van der Waals surface area (Å²) in [6.45, 7) is 4.92. The number of hydrogen-bond donors (Lipinski definition) is 1. The summed E-state index contributed by atoms with van der Waals surface area (Å²) in [6.07, 6.45) is -2.49. The van der Waals surface area contributed by atoms with Gasteiger partial charge in [-0.15, -0.1) is 0 Å². The summed E-state index contributed by atoms with van der Waals surface area (Å²) in [5.74, 6) is 0.601. The lowest BCUT2D eigenvalue weighted by molar-refractivity contribution is -0.137. The summed E-state index contributed by atoms with van der Waals surface area (Å²) in [7, 11) is 0. The van der Waals surface area contributed by atoms with Crippen LogP contribution in [0.3, 0.4) is 0 Å². The van der Waals surface area contributed by atoms with Crippen molar-refractivity contribution < 1.29 is 13.2 Å². The van der Waals surface area contributed by atoms with E-state index in [9.17, 15) is 13.2 Å². The van der Waals surface area contributed by atoms with Gasteiger partial charge < -0.3 is 5.32 Å². The van der Waals surface area contributed by atoms with E-state index >= 15 is 0 Å². The fourth-order valence-corrected chi connectivity index (χ4v) is 1.74. The minimum absolute atomic E-state index is 0.346. The first-order valence-corrected chi connectivity index (χ1v) is 6.20. The summed E-state index contributed by atoms with van der Waals surface area (Å²) in [4.78, 5) is 0. The second-order valence-electron chi connectivity index (χ2n) is 4.83. The van der Waals surface area contributed by atoms with Gasteiger partial charge in [0, 0.05) is 12.2 Å². The Bertz CT molecular complexity index is 459. The highest BCUT2D eigenvalue weighted by Crippen LogP contribution is 2.32. The zero-order valence-corrected chi connectivity index (χ0v) is 11.0. The smallest absolute Gasteiger partial charge is 0.385 e. The molecule has 5 heteroatoms. The molecule has 1 rings (SSSR count). The van der Waals surface area contributed by atoms with Crippen LogP contribution < -0.4 is 5.32 Å². The summed E-state index contributed by atoms with van der Waals surface area (Å²) in [6, 6.07) is 5.15. The van der Waals surface area contributed by atoms with Crippen molar-refractivity contribution in [1.82, 2.24) is 0 Å². The molecular formula is C14H17F3N2. The Morgan fingerprint density at radius 3 is 2.53 bits per heavy atom. The molecule has 0 amide bonds. The summed E-state index contributed by atoms with van der Waals surface area (Å²) in [5.41, 5.74) is -0.683. The second-order valence-corrected chi connectivity index (χ2v) is 4.83. The van der Waals surface area contributed by atoms with Crippen molar-refractivity contribution in [1.29, 1.82) is 5.26 Å². The van der Waals surface area contributed by atoms with E-state index < -0.39 is 11.7 Å². The van der Waals surface area contributed by atoms with Crippen LogP contribution in [0, 0.1) is 17.2 Å². The Hall–Kier alpha value is -1.70. The maximum Gasteiger partial charge on any atom is 0.417 e. The number of nitriles is 1. The fourth-order valence-electron chi connectivity index (χ4n) is 1.74. The zero-order valence-electron chi connectivity index (χ0n) is 11.0. The highest BCUT2D eigenvalue weighted by atomic mass is 19.4. The second kappa shape index (κ2) is 6.46. The molecule has 0 radical (unpaired) electrons. The summed E-state index contributed by atoms with van der Waals surface area (Å²) in [5, 5.41) is 11.8. The maximum absolute atomic E-state index is 12.6. The molecule has 0 saturated carbocycles. The van der Waals surface area contributed by atoms with E-state index in [1.54, 1.807) is 6.07 Å². The molecule has 0 bridgehead atoms. The minimum atomic E-state index is -4.48. The molecule has 0 aromatic heterocycles. The number of halogens is 3. The van der Waals surface area contributed by atoms with Crippen LogP contribution in [0.4, 0.5) is 18.9 Å². The fraction of sp³-hybridized carbons (Fsp3) is 0.500. The SMILES string of the molecule is CC(C)CCCNc1ccc(C(F)(F)F)c(C#N)c1. The van der Waals surface area contributed by atoms with Crippen LogP contribution in [0.1, 0.15) is 37.8 Å². The molecule has 0 spiro atoms. The number of alkyl halides is 3. The molecule has 1 N–H and O–H groups in total. The van der Waals surface area contributed by atoms with Crippen LogP contribution in [0.2, 0.25) is 0 Å². The molecule has 104 valence electrons. The lowest BCUT2D eigenvalue weighted by Gasteiger charge is -2.12. The molecule has 2 nitrogen and oxygen atoms in total. The van der Waals surface area contributed by atoms with Gasteiger partial charge in [0.1, 0.15) is 0 Å². The van der Waals surface area contributed by atoms with E-state index in [2.05, 4.69) is 19.2 Å². The third kappa shape index (κ3) is 4.82. The number of nitrogens with one attached hydrogen (secondary N) is 1. The van der Waals surface area contributed by atoms with Crippen LogP contribution >= 0.6 is 0 Å². The molecule has 0 heterocycles. The monoisotopic (exact) mass is 270 g/mol. The van der Waals surface area contributed by atoms with Crippen molar-refractivity contribution in [2.75, 3.05) is 11.9 Å². The van der Waals surface area contributed by atoms with Gasteiger partial charge in [-0.05, 0) is 37.0 Å². The van der Waals surface area contributed by atoms with Gasteiger partial charge in [-0.25, -0.2) is 0 Å². The Labute approximate surface area is 111 Å². The molecule has 0 aliphatic rings. The normalized spacial score (nSPS) is 11.4. The van der Waals surface area contributed by atoms with E-state index in [4.69, 9.17) is 5.26 Å². The number of hydrogen-bond acceptors (Lipinski definition) is 2. The Morgan fingerprint density at radius 2 is 2.00 bits per heavy atom. The molecular weight excluding hydrogens is 253 g/mol. The molecule has 0 aliphatic carbocycles. The molecule has 1 aromatic carbocycles. The molecule has 0 aliphatic heterocycles. The molecule has 0 unspecified atom stereocenters. The van der Waals surface area contributed by atoms with Crippen molar-refractivity contribution in [3.63, 3.8) is 0 Å². The van der Waals surface area contributed by atoms with Crippen molar-refractivity contribution >= 4 is 5.69 Å². The third-order valence-electron chi connectivity index (χ3n) is 2.73. The van der Waals surface area contributed by atoms with Gasteiger partial charge in [0.2, 0.25) is 0 Å². The van der Waals surface area contributed by atoms with Gasteiger partial charge in [-0.2, -0.15) is 18.4 Å². The molecule has 0 fully saturated rings. The minimum Gasteiger partial charge on any atom is -0.385 e. The van der Waals surface area contributed by atoms with E-state index in [0.29, 0.717) is 18.2 Å². The topological polar surface area (TPSA) is 35.8 Å². The predicted molar refractivity (Wildman–Crippen MR) is 68.7 cm³/mol. The Kier molecular flexibility index (Phi) is 5.22. The summed E-state index contributed by atoms with van der Waals surface area (Å²) < 4.78 is 37.8. The van der Waals surface area contributed by atoms with Gasteiger partial charge in [-0.1, -0.05) is 13.8 Å². The van der Waals surface area contributed by atoms with Crippen LogP contribution in [-0.2, 0) is 6.18 Å². The largest absolute Gasteiger partial charge is 0.417 e. The first kappa shape index (κ1) is 15.4. The molecule has 0 atom stereocenters. The predicted octanol–water partition coefficient (Wildman–Crippen LogP) is 4.43. The lowest BCUT2D eigenvalue weighted by atomic mass is 10.1. The van der Waals surface area contributed by atoms with Crippen LogP contribution in [0.15, 0.2) is 18.2 Å². The zero-order chi connectivity index (χ0) is 14.5. The van der Waals surface area contributed by atoms with Crippen molar-refractivity contribution in [3.8, 4) is 6.07 Å². The van der Waals surface area contributed by atoms with Gasteiger partial charge in [-0.3, -0.25) is 0 Å². The van der Waals surface area contributed by atoms with Gasteiger partial charge in [0.05, 0.1) is 17.2 Å². The standard InChI is InChI=1S/C14H17F3N2/c1-10(2)4-3-7-19-12-5-6-13(14(15,16)17)11(8-12)9-18/h5-6,8,10,19H,3-4,7H2,1-2H3. The molecule has 19 heavy (non-hydrogen) atoms. The highest BCUT2D eigenvalue weighted by molar-refractivity contribution is 5.53. The average Bonchev–Trinajstić information content (AvgIpc) is 2.32. The lowest BCUT2D eigenvalue weighted by Crippen LogP contribution is -2.09.